The molecule has 2 rings (SSSR count). The fourth-order valence-corrected chi connectivity index (χ4v) is 1.22. The van der Waals surface area contributed by atoms with Crippen LogP contribution in [-0.2, 0) is 6.61 Å². The van der Waals surface area contributed by atoms with Crippen molar-refractivity contribution < 1.29 is 9.84 Å². The summed E-state index contributed by atoms with van der Waals surface area (Å²) in [6, 6.07) is 3.68. The van der Waals surface area contributed by atoms with Crippen LogP contribution in [0.25, 0.3) is 5.65 Å². The van der Waals surface area contributed by atoms with E-state index in [1.807, 2.05) is 22.7 Å². The molecular weight excluding hydrogens is 168 g/mol. The zero-order valence-electron chi connectivity index (χ0n) is 7.27. The van der Waals surface area contributed by atoms with Crippen LogP contribution in [0.1, 0.15) is 5.69 Å². The second kappa shape index (κ2) is 3.06. The summed E-state index contributed by atoms with van der Waals surface area (Å²) in [5.74, 6) is 0.773. The lowest BCUT2D eigenvalue weighted by Crippen LogP contribution is -1.86. The number of hydrogen-bond donors (Lipinski definition) is 1. The van der Waals surface area contributed by atoms with Crippen LogP contribution in [0.15, 0.2) is 24.5 Å². The van der Waals surface area contributed by atoms with Crippen molar-refractivity contribution in [2.24, 2.45) is 0 Å². The summed E-state index contributed by atoms with van der Waals surface area (Å²) in [6.45, 7) is -0.0377. The van der Waals surface area contributed by atoms with Gasteiger partial charge in [-0.2, -0.15) is 0 Å². The standard InChI is InChI=1S/C9H10N2O2/c1-13-8-2-3-9-10-7(6-12)4-11(9)5-8/h2-5,12H,6H2,1H3. The van der Waals surface area contributed by atoms with Crippen molar-refractivity contribution in [3.63, 3.8) is 0 Å². The molecule has 0 saturated carbocycles. The first-order valence-electron chi connectivity index (χ1n) is 3.96. The average molecular weight is 178 g/mol. The highest BCUT2D eigenvalue weighted by molar-refractivity contribution is 5.42. The number of nitrogens with zero attached hydrogens (tertiary/aromatic N) is 2. The lowest BCUT2D eigenvalue weighted by Gasteiger charge is -1.98. The molecule has 0 unspecified atom stereocenters. The Balaban J connectivity index is 2.57. The van der Waals surface area contributed by atoms with Crippen LogP contribution in [0.2, 0.25) is 0 Å². The van der Waals surface area contributed by atoms with Crippen LogP contribution in [-0.4, -0.2) is 21.6 Å². The van der Waals surface area contributed by atoms with E-state index >= 15 is 0 Å². The topological polar surface area (TPSA) is 46.8 Å². The van der Waals surface area contributed by atoms with Crippen molar-refractivity contribution >= 4 is 5.65 Å². The number of rotatable bonds is 2. The lowest BCUT2D eigenvalue weighted by atomic mass is 10.4. The minimum absolute atomic E-state index is 0.0377. The maximum Gasteiger partial charge on any atom is 0.137 e. The van der Waals surface area contributed by atoms with Gasteiger partial charge in [0, 0.05) is 6.20 Å². The molecule has 2 aromatic rings. The van der Waals surface area contributed by atoms with Crippen molar-refractivity contribution in [1.82, 2.24) is 9.38 Å². The van der Waals surface area contributed by atoms with E-state index in [9.17, 15) is 0 Å². The van der Waals surface area contributed by atoms with Gasteiger partial charge in [0.05, 0.1) is 25.6 Å². The number of pyridine rings is 1. The Hall–Kier alpha value is -1.55. The van der Waals surface area contributed by atoms with Gasteiger partial charge in [-0.1, -0.05) is 0 Å². The van der Waals surface area contributed by atoms with E-state index < -0.39 is 0 Å². The molecule has 13 heavy (non-hydrogen) atoms. The van der Waals surface area contributed by atoms with Crippen LogP contribution >= 0.6 is 0 Å². The molecule has 4 nitrogen and oxygen atoms in total. The molecule has 2 aromatic heterocycles. The van der Waals surface area contributed by atoms with Gasteiger partial charge < -0.3 is 14.2 Å². The quantitative estimate of drug-likeness (QED) is 0.741. The third kappa shape index (κ3) is 1.36. The Morgan fingerprint density at radius 2 is 2.31 bits per heavy atom. The molecule has 1 N–H and O–H groups in total. The molecule has 0 aliphatic carbocycles. The predicted molar refractivity (Wildman–Crippen MR) is 47.7 cm³/mol. The number of fused-ring (bicyclic) bond motifs is 1. The number of aliphatic hydroxyl groups excluding tert-OH is 1. The number of hydrogen-bond acceptors (Lipinski definition) is 3. The molecule has 0 aliphatic heterocycles. The second-order valence-corrected chi connectivity index (χ2v) is 2.72. The maximum atomic E-state index is 8.86. The number of ether oxygens (including phenoxy) is 1. The normalized spacial score (nSPS) is 10.6. The van der Waals surface area contributed by atoms with Crippen molar-refractivity contribution in [3.8, 4) is 5.75 Å². The third-order valence-electron chi connectivity index (χ3n) is 1.87. The van der Waals surface area contributed by atoms with E-state index in [4.69, 9.17) is 9.84 Å². The summed E-state index contributed by atoms with van der Waals surface area (Å²) in [5.41, 5.74) is 1.47. The second-order valence-electron chi connectivity index (χ2n) is 2.72. The van der Waals surface area contributed by atoms with Crippen LogP contribution in [0.3, 0.4) is 0 Å². The van der Waals surface area contributed by atoms with E-state index in [0.717, 1.165) is 11.4 Å². The van der Waals surface area contributed by atoms with E-state index in [2.05, 4.69) is 4.98 Å². The molecule has 0 fully saturated rings. The molecule has 68 valence electrons. The fraction of sp³-hybridized carbons (Fsp3) is 0.222. The first-order valence-corrected chi connectivity index (χ1v) is 3.96. The van der Waals surface area contributed by atoms with Crippen LogP contribution in [0, 0.1) is 0 Å². The molecule has 2 heterocycles. The van der Waals surface area contributed by atoms with Crippen molar-refractivity contribution in [3.05, 3.63) is 30.2 Å². The lowest BCUT2D eigenvalue weighted by molar-refractivity contribution is 0.277. The van der Waals surface area contributed by atoms with Gasteiger partial charge in [0.2, 0.25) is 0 Å². The Morgan fingerprint density at radius 3 is 3.00 bits per heavy atom. The third-order valence-corrected chi connectivity index (χ3v) is 1.87. The monoisotopic (exact) mass is 178 g/mol. The predicted octanol–water partition coefficient (Wildman–Crippen LogP) is 0.835. The van der Waals surface area contributed by atoms with Crippen LogP contribution in [0.4, 0.5) is 0 Å². The highest BCUT2D eigenvalue weighted by Crippen LogP contribution is 2.12. The minimum Gasteiger partial charge on any atom is -0.495 e. The maximum absolute atomic E-state index is 8.86. The summed E-state index contributed by atoms with van der Waals surface area (Å²) in [6.07, 6.45) is 3.60. The Kier molecular flexibility index (Phi) is 1.90. The van der Waals surface area contributed by atoms with E-state index in [-0.39, 0.29) is 6.61 Å². The smallest absolute Gasteiger partial charge is 0.137 e. The van der Waals surface area contributed by atoms with Gasteiger partial charge >= 0.3 is 0 Å². The van der Waals surface area contributed by atoms with Gasteiger partial charge in [0.1, 0.15) is 11.4 Å². The molecule has 0 aromatic carbocycles. The Bertz CT molecular complexity index is 420. The van der Waals surface area contributed by atoms with E-state index in [1.165, 1.54) is 0 Å². The largest absolute Gasteiger partial charge is 0.495 e. The van der Waals surface area contributed by atoms with Crippen molar-refractivity contribution in [2.45, 2.75) is 6.61 Å². The van der Waals surface area contributed by atoms with Crippen molar-refractivity contribution in [2.75, 3.05) is 7.11 Å². The van der Waals surface area contributed by atoms with Crippen LogP contribution in [0.5, 0.6) is 5.75 Å². The first-order chi connectivity index (χ1) is 6.33. The number of aromatic nitrogens is 2. The summed E-state index contributed by atoms with van der Waals surface area (Å²) in [7, 11) is 1.62. The van der Waals surface area contributed by atoms with Gasteiger partial charge in [-0.25, -0.2) is 4.98 Å². The van der Waals surface area contributed by atoms with E-state index in [0.29, 0.717) is 5.69 Å². The van der Waals surface area contributed by atoms with Gasteiger partial charge in [0.25, 0.3) is 0 Å². The zero-order chi connectivity index (χ0) is 9.26. The molecule has 0 radical (unpaired) electrons. The molecule has 0 amide bonds. The molecule has 0 spiro atoms. The van der Waals surface area contributed by atoms with Gasteiger partial charge in [-0.3, -0.25) is 0 Å². The fourth-order valence-electron chi connectivity index (χ4n) is 1.22. The van der Waals surface area contributed by atoms with Gasteiger partial charge in [-0.05, 0) is 12.1 Å². The molecule has 0 bridgehead atoms. The molecule has 4 heteroatoms. The molecule has 0 saturated heterocycles. The molecule has 0 atom stereocenters. The minimum atomic E-state index is -0.0377. The molecule has 0 aliphatic rings. The van der Waals surface area contributed by atoms with Gasteiger partial charge in [0.15, 0.2) is 0 Å². The summed E-state index contributed by atoms with van der Waals surface area (Å²) >= 11 is 0. The number of methoxy groups -OCH3 is 1. The highest BCUT2D eigenvalue weighted by Gasteiger charge is 2.00. The van der Waals surface area contributed by atoms with Crippen molar-refractivity contribution in [1.29, 1.82) is 0 Å². The summed E-state index contributed by atoms with van der Waals surface area (Å²) in [4.78, 5) is 4.16. The average Bonchev–Trinajstić information content (AvgIpc) is 2.58. The summed E-state index contributed by atoms with van der Waals surface area (Å²) in [5, 5.41) is 8.86. The van der Waals surface area contributed by atoms with Crippen LogP contribution < -0.4 is 4.74 Å². The SMILES string of the molecule is COc1ccc2nc(CO)cn2c1. The summed E-state index contributed by atoms with van der Waals surface area (Å²) < 4.78 is 6.88. The molecular formula is C9H10N2O2. The van der Waals surface area contributed by atoms with E-state index in [1.54, 1.807) is 13.3 Å². The number of imidazole rings is 1. The van der Waals surface area contributed by atoms with Gasteiger partial charge in [-0.15, -0.1) is 0 Å². The number of aliphatic hydroxyl groups is 1. The Labute approximate surface area is 75.4 Å². The Morgan fingerprint density at radius 1 is 1.46 bits per heavy atom. The first kappa shape index (κ1) is 8.07. The highest BCUT2D eigenvalue weighted by atomic mass is 16.5. The zero-order valence-corrected chi connectivity index (χ0v) is 7.27.